The summed E-state index contributed by atoms with van der Waals surface area (Å²) in [5.74, 6) is -0.757. The maximum absolute atomic E-state index is 14.1. The van der Waals surface area contributed by atoms with Crippen LogP contribution >= 0.6 is 24.0 Å². The van der Waals surface area contributed by atoms with E-state index in [9.17, 15) is 13.6 Å². The lowest BCUT2D eigenvalue weighted by Gasteiger charge is -2.20. The quantitative estimate of drug-likeness (QED) is 0.267. The minimum atomic E-state index is -0.581. The third kappa shape index (κ3) is 6.75. The molecular formula is C19H27F2IN4O. The van der Waals surface area contributed by atoms with Crippen molar-refractivity contribution in [3.05, 3.63) is 47.5 Å². The molecule has 2 rings (SSSR count). The first-order valence-electron chi connectivity index (χ1n) is 8.56. The Bertz CT molecular complexity index is 718. The van der Waals surface area contributed by atoms with E-state index in [0.29, 0.717) is 24.6 Å². The van der Waals surface area contributed by atoms with Crippen molar-refractivity contribution in [3.8, 4) is 0 Å². The molecule has 0 atom stereocenters. The zero-order valence-electron chi connectivity index (χ0n) is 15.9. The highest BCUT2D eigenvalue weighted by atomic mass is 127. The number of halogens is 3. The number of guanidine groups is 1. The fraction of sp³-hybridized carbons (Fsp3) is 0.474. The fourth-order valence-electron chi connectivity index (χ4n) is 2.56. The van der Waals surface area contributed by atoms with Gasteiger partial charge in [0.15, 0.2) is 5.96 Å². The van der Waals surface area contributed by atoms with Gasteiger partial charge in [-0.2, -0.15) is 0 Å². The van der Waals surface area contributed by atoms with Gasteiger partial charge in [-0.05, 0) is 31.4 Å². The molecule has 8 heteroatoms. The summed E-state index contributed by atoms with van der Waals surface area (Å²) in [4.78, 5) is 17.5. The minimum absolute atomic E-state index is 0. The number of hydrogen-bond acceptors (Lipinski definition) is 2. The van der Waals surface area contributed by atoms with E-state index in [2.05, 4.69) is 22.2 Å². The van der Waals surface area contributed by atoms with Crippen LogP contribution in [0.5, 0.6) is 0 Å². The van der Waals surface area contributed by atoms with Gasteiger partial charge in [-0.25, -0.2) is 13.8 Å². The zero-order chi connectivity index (χ0) is 19.3. The van der Waals surface area contributed by atoms with E-state index in [0.717, 1.165) is 24.5 Å². The average molecular weight is 492 g/mol. The molecule has 2 N–H and O–H groups in total. The minimum Gasteiger partial charge on any atom is -0.355 e. The van der Waals surface area contributed by atoms with Gasteiger partial charge in [0, 0.05) is 38.7 Å². The SMILES string of the molecule is C=C(C)CNC(=NCC(=O)N(C)C)NCC1(c2ccc(F)cc2F)CC1.I. The molecule has 1 aliphatic rings. The van der Waals surface area contributed by atoms with E-state index in [-0.39, 0.29) is 41.8 Å². The number of nitrogens with zero attached hydrogens (tertiary/aromatic N) is 2. The Morgan fingerprint density at radius 1 is 1.30 bits per heavy atom. The van der Waals surface area contributed by atoms with Crippen LogP contribution in [0.4, 0.5) is 8.78 Å². The molecule has 27 heavy (non-hydrogen) atoms. The van der Waals surface area contributed by atoms with Crippen molar-refractivity contribution in [2.24, 2.45) is 4.99 Å². The van der Waals surface area contributed by atoms with E-state index < -0.39 is 11.6 Å². The molecule has 0 unspecified atom stereocenters. The molecule has 0 aliphatic heterocycles. The number of amides is 1. The maximum atomic E-state index is 14.1. The summed E-state index contributed by atoms with van der Waals surface area (Å²) in [7, 11) is 3.34. The van der Waals surface area contributed by atoms with Crippen LogP contribution in [0.2, 0.25) is 0 Å². The average Bonchev–Trinajstić information content (AvgIpc) is 3.34. The second-order valence-corrected chi connectivity index (χ2v) is 7.02. The molecule has 1 aromatic carbocycles. The first-order valence-corrected chi connectivity index (χ1v) is 8.56. The number of aliphatic imine (C=N–C) groups is 1. The summed E-state index contributed by atoms with van der Waals surface area (Å²) in [6.07, 6.45) is 1.62. The van der Waals surface area contributed by atoms with Crippen molar-refractivity contribution in [2.45, 2.75) is 25.2 Å². The van der Waals surface area contributed by atoms with Crippen LogP contribution in [0, 0.1) is 11.6 Å². The molecule has 0 bridgehead atoms. The molecule has 1 saturated carbocycles. The number of rotatable bonds is 7. The smallest absolute Gasteiger partial charge is 0.243 e. The second kappa shape index (κ2) is 10.0. The van der Waals surface area contributed by atoms with Crippen molar-refractivity contribution in [1.29, 1.82) is 0 Å². The molecule has 1 aliphatic carbocycles. The number of carbonyl (C=O) groups excluding carboxylic acids is 1. The van der Waals surface area contributed by atoms with Crippen LogP contribution < -0.4 is 10.6 Å². The standard InChI is InChI=1S/C19H26F2N4O.HI/c1-13(2)10-22-18(23-11-17(26)25(3)4)24-12-19(7-8-19)15-6-5-14(20)9-16(15)21;/h5-6,9H,1,7-8,10-12H2,2-4H3,(H2,22,23,24);1H. The van der Waals surface area contributed by atoms with E-state index in [4.69, 9.17) is 0 Å². The van der Waals surface area contributed by atoms with Gasteiger partial charge in [-0.15, -0.1) is 24.0 Å². The Kier molecular flexibility index (Phi) is 8.64. The molecule has 0 heterocycles. The van der Waals surface area contributed by atoms with E-state index in [1.165, 1.54) is 17.0 Å². The van der Waals surface area contributed by atoms with Crippen LogP contribution in [-0.4, -0.2) is 50.5 Å². The van der Waals surface area contributed by atoms with Gasteiger partial charge in [0.25, 0.3) is 0 Å². The summed E-state index contributed by atoms with van der Waals surface area (Å²) in [5.41, 5.74) is 1.06. The Morgan fingerprint density at radius 2 is 1.96 bits per heavy atom. The predicted octanol–water partition coefficient (Wildman–Crippen LogP) is 2.81. The van der Waals surface area contributed by atoms with Crippen molar-refractivity contribution >= 4 is 35.8 Å². The zero-order valence-corrected chi connectivity index (χ0v) is 18.3. The highest BCUT2D eigenvalue weighted by molar-refractivity contribution is 14.0. The molecule has 1 aromatic rings. The molecule has 150 valence electrons. The van der Waals surface area contributed by atoms with Gasteiger partial charge >= 0.3 is 0 Å². The highest BCUT2D eigenvalue weighted by Gasteiger charge is 2.46. The van der Waals surface area contributed by atoms with Crippen LogP contribution in [-0.2, 0) is 10.2 Å². The van der Waals surface area contributed by atoms with Gasteiger partial charge in [-0.1, -0.05) is 18.2 Å². The van der Waals surface area contributed by atoms with Gasteiger partial charge in [0.05, 0.1) is 0 Å². The first kappa shape index (κ1) is 23.3. The van der Waals surface area contributed by atoms with Crippen LogP contribution in [0.3, 0.4) is 0 Å². The lowest BCUT2D eigenvalue weighted by atomic mass is 9.95. The highest BCUT2D eigenvalue weighted by Crippen LogP contribution is 2.48. The number of benzene rings is 1. The van der Waals surface area contributed by atoms with Gasteiger partial charge in [0.1, 0.15) is 18.2 Å². The third-order valence-electron chi connectivity index (χ3n) is 4.38. The molecule has 5 nitrogen and oxygen atoms in total. The van der Waals surface area contributed by atoms with E-state index in [1.54, 1.807) is 14.1 Å². The van der Waals surface area contributed by atoms with Crippen molar-refractivity contribution in [1.82, 2.24) is 15.5 Å². The Hall–Kier alpha value is -1.71. The number of carbonyl (C=O) groups is 1. The monoisotopic (exact) mass is 492 g/mol. The largest absolute Gasteiger partial charge is 0.355 e. The number of hydrogen-bond donors (Lipinski definition) is 2. The topological polar surface area (TPSA) is 56.7 Å². The lowest BCUT2D eigenvalue weighted by molar-refractivity contribution is -0.127. The predicted molar refractivity (Wildman–Crippen MR) is 115 cm³/mol. The Morgan fingerprint density at radius 3 is 2.48 bits per heavy atom. The molecular weight excluding hydrogens is 465 g/mol. The summed E-state index contributed by atoms with van der Waals surface area (Å²) < 4.78 is 27.3. The third-order valence-corrected chi connectivity index (χ3v) is 4.38. The summed E-state index contributed by atoms with van der Waals surface area (Å²) in [6, 6.07) is 3.70. The molecule has 1 amide bonds. The summed E-state index contributed by atoms with van der Waals surface area (Å²) in [5, 5.41) is 6.28. The Balaban J connectivity index is 0.00000364. The lowest BCUT2D eigenvalue weighted by Crippen LogP contribution is -2.42. The molecule has 0 saturated heterocycles. The second-order valence-electron chi connectivity index (χ2n) is 7.02. The van der Waals surface area contributed by atoms with Gasteiger partial charge in [-0.3, -0.25) is 4.79 Å². The Labute approximate surface area is 176 Å². The van der Waals surface area contributed by atoms with Gasteiger partial charge < -0.3 is 15.5 Å². The first-order chi connectivity index (χ1) is 12.2. The maximum Gasteiger partial charge on any atom is 0.243 e. The van der Waals surface area contributed by atoms with Gasteiger partial charge in [0.2, 0.25) is 5.91 Å². The van der Waals surface area contributed by atoms with Crippen LogP contribution in [0.1, 0.15) is 25.3 Å². The van der Waals surface area contributed by atoms with Crippen molar-refractivity contribution in [2.75, 3.05) is 33.7 Å². The van der Waals surface area contributed by atoms with E-state index in [1.807, 2.05) is 6.92 Å². The molecule has 0 spiro atoms. The van der Waals surface area contributed by atoms with Crippen molar-refractivity contribution in [3.63, 3.8) is 0 Å². The fourth-order valence-corrected chi connectivity index (χ4v) is 2.56. The van der Waals surface area contributed by atoms with E-state index >= 15 is 0 Å². The number of likely N-dealkylation sites (N-methyl/N-ethyl adjacent to an activating group) is 1. The summed E-state index contributed by atoms with van der Waals surface area (Å²) >= 11 is 0. The summed E-state index contributed by atoms with van der Waals surface area (Å²) in [6.45, 7) is 6.69. The normalized spacial score (nSPS) is 14.8. The van der Waals surface area contributed by atoms with Crippen molar-refractivity contribution < 1.29 is 13.6 Å². The van der Waals surface area contributed by atoms with Crippen LogP contribution in [0.15, 0.2) is 35.3 Å². The molecule has 0 radical (unpaired) electrons. The molecule has 0 aromatic heterocycles. The number of nitrogens with one attached hydrogen (secondary N) is 2. The van der Waals surface area contributed by atoms with Crippen LogP contribution in [0.25, 0.3) is 0 Å². The molecule has 1 fully saturated rings.